The first-order chi connectivity index (χ1) is 53.0. The minimum atomic E-state index is -0.125. The Balaban J connectivity index is 0.824. The van der Waals surface area contributed by atoms with Crippen LogP contribution in [0.4, 0.5) is 68.2 Å². The zero-order valence-corrected chi connectivity index (χ0v) is 60.9. The van der Waals surface area contributed by atoms with Gasteiger partial charge in [0.05, 0.1) is 78.9 Å². The zero-order valence-electron chi connectivity index (χ0n) is 60.9. The zero-order chi connectivity index (χ0) is 73.9. The third-order valence-electron chi connectivity index (χ3n) is 19.9. The fourth-order valence-electron chi connectivity index (χ4n) is 14.4. The summed E-state index contributed by atoms with van der Waals surface area (Å²) in [5.74, 6) is 5.88. The molecule has 0 bridgehead atoms. The van der Waals surface area contributed by atoms with E-state index in [4.69, 9.17) is 37.9 Å². The van der Waals surface area contributed by atoms with E-state index in [1.54, 1.807) is 56.9 Å². The minimum Gasteiger partial charge on any atom is -0.497 e. The van der Waals surface area contributed by atoms with Crippen LogP contribution in [0.1, 0.15) is 15.9 Å². The lowest BCUT2D eigenvalue weighted by Crippen LogP contribution is -2.10. The lowest BCUT2D eigenvalue weighted by molar-refractivity contribution is 0.103. The predicted octanol–water partition coefficient (Wildman–Crippen LogP) is 23.1. The Hall–Kier alpha value is -14.1. The van der Waals surface area contributed by atoms with Crippen LogP contribution in [0.2, 0.25) is 0 Å². The van der Waals surface area contributed by atoms with Crippen LogP contribution in [-0.2, 0) is 0 Å². The van der Waals surface area contributed by atoms with Crippen molar-refractivity contribution in [3.63, 3.8) is 0 Å². The van der Waals surface area contributed by atoms with Crippen molar-refractivity contribution in [1.29, 1.82) is 0 Å². The summed E-state index contributed by atoms with van der Waals surface area (Å²) in [6.45, 7) is 0. The summed E-state index contributed by atoms with van der Waals surface area (Å²) in [5, 5.41) is 4.17. The molecular formula is C93H76N6O9. The van der Waals surface area contributed by atoms with E-state index < -0.39 is 0 Å². The summed E-state index contributed by atoms with van der Waals surface area (Å²) in [4.78, 5) is 24.2. The lowest BCUT2D eigenvalue weighted by atomic mass is 10.0. The van der Waals surface area contributed by atoms with E-state index in [0.29, 0.717) is 11.1 Å². The van der Waals surface area contributed by atoms with Crippen molar-refractivity contribution in [2.24, 2.45) is 0 Å². The average molecular weight is 1420 g/mol. The molecule has 0 radical (unpaired) electrons. The highest BCUT2D eigenvalue weighted by Gasteiger charge is 2.25. The van der Waals surface area contributed by atoms with Crippen LogP contribution in [0.25, 0.3) is 55.0 Å². The van der Waals surface area contributed by atoms with E-state index >= 15 is 4.79 Å². The minimum absolute atomic E-state index is 0.125. The highest BCUT2D eigenvalue weighted by atomic mass is 16.5. The molecule has 14 aromatic carbocycles. The second-order valence-electron chi connectivity index (χ2n) is 25.8. The maximum atomic E-state index is 15.3. The number of hydrogen-bond donors (Lipinski definition) is 0. The van der Waals surface area contributed by atoms with Gasteiger partial charge in [0.25, 0.3) is 0 Å². The van der Waals surface area contributed by atoms with Gasteiger partial charge in [-0.25, -0.2) is 0 Å². The molecule has 15 heteroatoms. The van der Waals surface area contributed by atoms with Crippen molar-refractivity contribution >= 4 is 118 Å². The van der Waals surface area contributed by atoms with Gasteiger partial charge in [0.15, 0.2) is 5.78 Å². The van der Waals surface area contributed by atoms with E-state index in [1.165, 1.54) is 0 Å². The summed E-state index contributed by atoms with van der Waals surface area (Å²) >= 11 is 0. The van der Waals surface area contributed by atoms with Gasteiger partial charge in [0.1, 0.15) is 46.0 Å². The number of nitrogens with zero attached hydrogens (tertiary/aromatic N) is 6. The van der Waals surface area contributed by atoms with Gasteiger partial charge in [-0.05, 0) is 291 Å². The average Bonchev–Trinajstić information content (AvgIpc) is 1.58. The molecule has 0 atom stereocenters. The molecule has 15 nitrogen and oxygen atoms in total. The third-order valence-corrected chi connectivity index (χ3v) is 19.9. The number of carbonyl (C=O) groups is 1. The highest BCUT2D eigenvalue weighted by molar-refractivity contribution is 6.14. The smallest absolute Gasteiger partial charge is 0.193 e. The Morgan fingerprint density at radius 2 is 0.361 bits per heavy atom. The quantitative estimate of drug-likeness (QED) is 0.0535. The molecule has 2 heterocycles. The van der Waals surface area contributed by atoms with E-state index in [0.717, 1.165) is 169 Å². The summed E-state index contributed by atoms with van der Waals surface area (Å²) in [7, 11) is 13.4. The van der Waals surface area contributed by atoms with Gasteiger partial charge in [0, 0.05) is 112 Å². The number of ether oxygens (including phenoxy) is 8. The van der Waals surface area contributed by atoms with Gasteiger partial charge < -0.3 is 66.6 Å². The number of rotatable bonds is 24. The maximum absolute atomic E-state index is 15.3. The molecule has 532 valence electrons. The van der Waals surface area contributed by atoms with E-state index in [-0.39, 0.29) is 5.78 Å². The molecule has 0 aliphatic rings. The first kappa shape index (κ1) is 68.4. The van der Waals surface area contributed by atoms with Crippen LogP contribution in [0.5, 0.6) is 46.0 Å². The van der Waals surface area contributed by atoms with Gasteiger partial charge in [-0.1, -0.05) is 24.3 Å². The standard InChI is InChI=1S/C93H76N6O9/c1-101-77-37-17-63(18-38-77)94(64-19-39-78(102-2)40-20-64)73-33-53-85-86-54-34-74(95(65-21-41-79(103-3)42-22-65)66-23-43-80(104-4)44-24-66)58-90(86)98(89(85)57-73)71-13-9-61(10-14-71)93(100)62-11-15-72(16-12-62)99-91-59-75(96(67-25-45-81(105-5)46-26-67)68-27-47-82(106-6)48-28-68)35-55-87(91)88-56-36-76(60-92(88)99)97(69-29-49-83(107-7)50-30-69)70-31-51-84(108-8)52-32-70/h9-60H,1-8H3. The Bertz CT molecular complexity index is 5030. The van der Waals surface area contributed by atoms with Crippen molar-refractivity contribution < 1.29 is 42.7 Å². The maximum Gasteiger partial charge on any atom is 0.193 e. The molecule has 0 fully saturated rings. The second-order valence-corrected chi connectivity index (χ2v) is 25.8. The fraction of sp³-hybridized carbons (Fsp3) is 0.0860. The summed E-state index contributed by atoms with van der Waals surface area (Å²) in [6.07, 6.45) is 0. The molecule has 0 saturated heterocycles. The number of aromatic nitrogens is 2. The van der Waals surface area contributed by atoms with Gasteiger partial charge in [-0.3, -0.25) is 4.79 Å². The van der Waals surface area contributed by atoms with Gasteiger partial charge in [-0.2, -0.15) is 0 Å². The molecular weight excluding hydrogens is 1350 g/mol. The normalized spacial score (nSPS) is 11.2. The first-order valence-corrected chi connectivity index (χ1v) is 35.3. The van der Waals surface area contributed by atoms with Crippen LogP contribution < -0.4 is 57.5 Å². The molecule has 2 aromatic heterocycles. The van der Waals surface area contributed by atoms with E-state index in [9.17, 15) is 0 Å². The predicted molar refractivity (Wildman–Crippen MR) is 436 cm³/mol. The van der Waals surface area contributed by atoms with Crippen molar-refractivity contribution in [3.05, 3.63) is 327 Å². The van der Waals surface area contributed by atoms with Crippen LogP contribution in [0.3, 0.4) is 0 Å². The molecule has 0 N–H and O–H groups in total. The molecule has 0 aliphatic heterocycles. The van der Waals surface area contributed by atoms with Crippen LogP contribution in [0.15, 0.2) is 315 Å². The summed E-state index contributed by atoms with van der Waals surface area (Å²) < 4.78 is 49.7. The molecule has 16 aromatic rings. The van der Waals surface area contributed by atoms with Crippen LogP contribution in [-0.4, -0.2) is 71.8 Å². The third kappa shape index (κ3) is 13.0. The Kier molecular flexibility index (Phi) is 18.7. The fourth-order valence-corrected chi connectivity index (χ4v) is 14.4. The second kappa shape index (κ2) is 29.6. The van der Waals surface area contributed by atoms with Crippen molar-refractivity contribution in [2.45, 2.75) is 0 Å². The number of methoxy groups -OCH3 is 8. The summed E-state index contributed by atoms with van der Waals surface area (Å²) in [6, 6.07) is 107. The molecule has 0 aliphatic carbocycles. The number of hydrogen-bond acceptors (Lipinski definition) is 13. The van der Waals surface area contributed by atoms with E-state index in [2.05, 4.69) is 199 Å². The van der Waals surface area contributed by atoms with Crippen molar-refractivity contribution in [1.82, 2.24) is 9.13 Å². The molecule has 0 spiro atoms. The Morgan fingerprint density at radius 3 is 0.519 bits per heavy atom. The highest BCUT2D eigenvalue weighted by Crippen LogP contribution is 2.47. The van der Waals surface area contributed by atoms with Gasteiger partial charge in [0.2, 0.25) is 0 Å². The number of ketones is 1. The Labute approximate surface area is 626 Å². The largest absolute Gasteiger partial charge is 0.497 e. The van der Waals surface area contributed by atoms with Gasteiger partial charge in [-0.15, -0.1) is 0 Å². The number of benzene rings is 14. The topological polar surface area (TPSA) is 114 Å². The number of fused-ring (bicyclic) bond motifs is 6. The molecule has 108 heavy (non-hydrogen) atoms. The van der Waals surface area contributed by atoms with Gasteiger partial charge >= 0.3 is 0 Å². The van der Waals surface area contributed by atoms with E-state index in [1.807, 2.05) is 146 Å². The van der Waals surface area contributed by atoms with Crippen LogP contribution >= 0.6 is 0 Å². The van der Waals surface area contributed by atoms with Crippen LogP contribution in [0, 0.1) is 0 Å². The molecule has 0 unspecified atom stereocenters. The molecule has 0 amide bonds. The molecule has 16 rings (SSSR count). The monoisotopic (exact) mass is 1420 g/mol. The lowest BCUT2D eigenvalue weighted by Gasteiger charge is -2.26. The Morgan fingerprint density at radius 1 is 0.204 bits per heavy atom. The number of carbonyl (C=O) groups excluding carboxylic acids is 1. The van der Waals surface area contributed by atoms with Crippen molar-refractivity contribution in [2.75, 3.05) is 76.5 Å². The molecule has 0 saturated carbocycles. The summed E-state index contributed by atoms with van der Waals surface area (Å²) in [5.41, 5.74) is 17.8. The number of anilines is 12. The van der Waals surface area contributed by atoms with Crippen molar-refractivity contribution in [3.8, 4) is 57.4 Å². The SMILES string of the molecule is COc1ccc(N(c2ccc(OC)cc2)c2ccc3c4ccc(N(c5ccc(OC)cc5)c5ccc(OC)cc5)cc4n(-c4ccc(C(=O)c5ccc(-n6c7cc(N(c8ccc(OC)cc8)c8ccc(OC)cc8)ccc7c7ccc(N(c8ccc(OC)cc8)c8ccc(OC)cc8)cc76)cc5)cc4)c3c2)cc1. The first-order valence-electron chi connectivity index (χ1n) is 35.3.